The molecular weight excluding hydrogens is 306 g/mol. The highest BCUT2D eigenvalue weighted by Gasteiger charge is 2.27. The Bertz CT molecular complexity index is 735. The van der Waals surface area contributed by atoms with E-state index in [4.69, 9.17) is 9.47 Å². The van der Waals surface area contributed by atoms with Crippen molar-refractivity contribution in [2.45, 2.75) is 32.1 Å². The van der Waals surface area contributed by atoms with Crippen molar-refractivity contribution >= 4 is 11.7 Å². The van der Waals surface area contributed by atoms with Gasteiger partial charge in [-0.25, -0.2) is 0 Å². The maximum Gasteiger partial charge on any atom is 0.260 e. The molecule has 6 nitrogen and oxygen atoms in total. The molecule has 0 unspecified atom stereocenters. The predicted octanol–water partition coefficient (Wildman–Crippen LogP) is 3.35. The number of methoxy groups -OCH3 is 1. The fourth-order valence-corrected chi connectivity index (χ4v) is 2.64. The van der Waals surface area contributed by atoms with Gasteiger partial charge in [-0.05, 0) is 31.4 Å². The normalized spacial score (nSPS) is 13.6. The Morgan fingerprint density at radius 1 is 1.38 bits per heavy atom. The van der Waals surface area contributed by atoms with Crippen LogP contribution in [0.2, 0.25) is 0 Å². The fourth-order valence-electron chi connectivity index (χ4n) is 2.64. The van der Waals surface area contributed by atoms with Gasteiger partial charge in [0, 0.05) is 30.8 Å². The Morgan fingerprint density at radius 3 is 2.83 bits per heavy atom. The van der Waals surface area contributed by atoms with Crippen molar-refractivity contribution in [3.8, 4) is 11.5 Å². The molecular formula is C18H23N3O3. The third kappa shape index (κ3) is 3.53. The minimum atomic E-state index is -0.232. The van der Waals surface area contributed by atoms with E-state index >= 15 is 0 Å². The molecule has 3 rings (SSSR count). The summed E-state index contributed by atoms with van der Waals surface area (Å²) in [5, 5.41) is 7.25. The Labute approximate surface area is 141 Å². The summed E-state index contributed by atoms with van der Waals surface area (Å²) in [5.74, 6) is 2.10. The van der Waals surface area contributed by atoms with Crippen molar-refractivity contribution in [1.29, 1.82) is 0 Å². The molecule has 1 heterocycles. The number of carbonyl (C=O) groups excluding carboxylic acids is 1. The number of aryl methyl sites for hydroxylation is 1. The SMILES string of the molecule is CCCOc1cc(OC)ccc1C(=O)Nc1cc(C2CC2)n(C)n1. The van der Waals surface area contributed by atoms with Crippen molar-refractivity contribution in [2.24, 2.45) is 7.05 Å². The number of nitrogens with zero attached hydrogens (tertiary/aromatic N) is 2. The van der Waals surface area contributed by atoms with Crippen LogP contribution in [-0.4, -0.2) is 29.4 Å². The van der Waals surface area contributed by atoms with Gasteiger partial charge in [0.1, 0.15) is 11.5 Å². The van der Waals surface area contributed by atoms with Crippen LogP contribution in [0, 0.1) is 0 Å². The summed E-state index contributed by atoms with van der Waals surface area (Å²) in [6.45, 7) is 2.57. The molecule has 1 aromatic heterocycles. The molecule has 1 fully saturated rings. The quantitative estimate of drug-likeness (QED) is 0.846. The van der Waals surface area contributed by atoms with E-state index in [-0.39, 0.29) is 5.91 Å². The molecule has 0 spiro atoms. The van der Waals surface area contributed by atoms with Gasteiger partial charge >= 0.3 is 0 Å². The van der Waals surface area contributed by atoms with E-state index in [0.717, 1.165) is 6.42 Å². The summed E-state index contributed by atoms with van der Waals surface area (Å²) in [5.41, 5.74) is 1.64. The third-order valence-corrected chi connectivity index (χ3v) is 4.05. The van der Waals surface area contributed by atoms with E-state index in [0.29, 0.717) is 35.4 Å². The molecule has 1 aliphatic rings. The van der Waals surface area contributed by atoms with Gasteiger partial charge in [0.05, 0.1) is 19.3 Å². The Morgan fingerprint density at radius 2 is 2.17 bits per heavy atom. The number of amides is 1. The Balaban J connectivity index is 1.79. The van der Waals surface area contributed by atoms with Crippen LogP contribution in [0.15, 0.2) is 24.3 Å². The number of ether oxygens (including phenoxy) is 2. The molecule has 0 atom stereocenters. The lowest BCUT2D eigenvalue weighted by molar-refractivity contribution is 0.102. The summed E-state index contributed by atoms with van der Waals surface area (Å²) in [7, 11) is 3.50. The molecule has 128 valence electrons. The number of benzene rings is 1. The first-order chi connectivity index (χ1) is 11.6. The Kier molecular flexibility index (Phi) is 4.74. The van der Waals surface area contributed by atoms with Gasteiger partial charge in [-0.3, -0.25) is 9.48 Å². The Hall–Kier alpha value is -2.50. The first-order valence-electron chi connectivity index (χ1n) is 8.28. The molecule has 0 bridgehead atoms. The van der Waals surface area contributed by atoms with Gasteiger partial charge in [0.2, 0.25) is 0 Å². The number of hydrogen-bond donors (Lipinski definition) is 1. The largest absolute Gasteiger partial charge is 0.497 e. The second-order valence-corrected chi connectivity index (χ2v) is 6.02. The van der Waals surface area contributed by atoms with Crippen molar-refractivity contribution in [1.82, 2.24) is 9.78 Å². The van der Waals surface area contributed by atoms with E-state index in [9.17, 15) is 4.79 Å². The zero-order chi connectivity index (χ0) is 17.1. The van der Waals surface area contributed by atoms with E-state index in [1.807, 2.05) is 24.7 Å². The highest BCUT2D eigenvalue weighted by Crippen LogP contribution is 2.40. The summed E-state index contributed by atoms with van der Waals surface area (Å²) >= 11 is 0. The van der Waals surface area contributed by atoms with Crippen LogP contribution >= 0.6 is 0 Å². The van der Waals surface area contributed by atoms with E-state index < -0.39 is 0 Å². The zero-order valence-electron chi connectivity index (χ0n) is 14.3. The van der Waals surface area contributed by atoms with Gasteiger partial charge in [-0.2, -0.15) is 5.10 Å². The minimum Gasteiger partial charge on any atom is -0.497 e. The number of nitrogens with one attached hydrogen (secondary N) is 1. The molecule has 1 aliphatic carbocycles. The number of carbonyl (C=O) groups is 1. The van der Waals surface area contributed by atoms with Gasteiger partial charge < -0.3 is 14.8 Å². The van der Waals surface area contributed by atoms with Crippen molar-refractivity contribution < 1.29 is 14.3 Å². The van der Waals surface area contributed by atoms with Crippen molar-refractivity contribution in [2.75, 3.05) is 19.0 Å². The van der Waals surface area contributed by atoms with Crippen LogP contribution in [0.5, 0.6) is 11.5 Å². The van der Waals surface area contributed by atoms with Crippen LogP contribution in [0.3, 0.4) is 0 Å². The molecule has 1 aromatic carbocycles. The minimum absolute atomic E-state index is 0.232. The van der Waals surface area contributed by atoms with Crippen LogP contribution in [-0.2, 0) is 7.05 Å². The van der Waals surface area contributed by atoms with E-state index in [2.05, 4.69) is 10.4 Å². The van der Waals surface area contributed by atoms with Crippen molar-refractivity contribution in [3.05, 3.63) is 35.5 Å². The summed E-state index contributed by atoms with van der Waals surface area (Å²) in [6.07, 6.45) is 3.25. The topological polar surface area (TPSA) is 65.4 Å². The summed E-state index contributed by atoms with van der Waals surface area (Å²) < 4.78 is 12.8. The van der Waals surface area contributed by atoms with E-state index in [1.54, 1.807) is 25.3 Å². The van der Waals surface area contributed by atoms with Gasteiger partial charge in [-0.15, -0.1) is 0 Å². The first kappa shape index (κ1) is 16.4. The monoisotopic (exact) mass is 329 g/mol. The van der Waals surface area contributed by atoms with Crippen LogP contribution in [0.1, 0.15) is 48.2 Å². The lowest BCUT2D eigenvalue weighted by atomic mass is 10.1. The lowest BCUT2D eigenvalue weighted by Crippen LogP contribution is -2.14. The molecule has 0 saturated heterocycles. The van der Waals surface area contributed by atoms with Crippen molar-refractivity contribution in [3.63, 3.8) is 0 Å². The lowest BCUT2D eigenvalue weighted by Gasteiger charge is -2.12. The smallest absolute Gasteiger partial charge is 0.260 e. The van der Waals surface area contributed by atoms with Crippen LogP contribution < -0.4 is 14.8 Å². The molecule has 0 radical (unpaired) electrons. The van der Waals surface area contributed by atoms with Crippen LogP contribution in [0.25, 0.3) is 0 Å². The molecule has 2 aromatic rings. The second-order valence-electron chi connectivity index (χ2n) is 6.02. The highest BCUT2D eigenvalue weighted by atomic mass is 16.5. The molecule has 6 heteroatoms. The fraction of sp³-hybridized carbons (Fsp3) is 0.444. The van der Waals surface area contributed by atoms with Gasteiger partial charge in [-0.1, -0.05) is 6.92 Å². The average molecular weight is 329 g/mol. The number of rotatable bonds is 7. The predicted molar refractivity (Wildman–Crippen MR) is 91.9 cm³/mol. The molecule has 1 amide bonds. The summed E-state index contributed by atoms with van der Waals surface area (Å²) in [4.78, 5) is 12.6. The maximum atomic E-state index is 12.6. The third-order valence-electron chi connectivity index (χ3n) is 4.05. The number of anilines is 1. The molecule has 0 aliphatic heterocycles. The van der Waals surface area contributed by atoms with Gasteiger partial charge in [0.15, 0.2) is 5.82 Å². The first-order valence-corrected chi connectivity index (χ1v) is 8.28. The number of aromatic nitrogens is 2. The zero-order valence-corrected chi connectivity index (χ0v) is 14.3. The average Bonchev–Trinajstić information content (AvgIpc) is 3.36. The molecule has 1 saturated carbocycles. The van der Waals surface area contributed by atoms with Gasteiger partial charge in [0.25, 0.3) is 5.91 Å². The molecule has 1 N–H and O–H groups in total. The van der Waals surface area contributed by atoms with Crippen LogP contribution in [0.4, 0.5) is 5.82 Å². The maximum absolute atomic E-state index is 12.6. The second kappa shape index (κ2) is 6.95. The molecule has 24 heavy (non-hydrogen) atoms. The number of hydrogen-bond acceptors (Lipinski definition) is 4. The standard InChI is InChI=1S/C18H23N3O3/c1-4-9-24-16-10-13(23-3)7-8-14(16)18(22)19-17-11-15(12-5-6-12)21(2)20-17/h7-8,10-12H,4-6,9H2,1-3H3,(H,19,20,22). The highest BCUT2D eigenvalue weighted by molar-refractivity contribution is 6.05. The summed E-state index contributed by atoms with van der Waals surface area (Å²) in [6, 6.07) is 7.15. The van der Waals surface area contributed by atoms with E-state index in [1.165, 1.54) is 18.5 Å².